The number of hydrogen-bond donors (Lipinski definition) is 3. The van der Waals surface area contributed by atoms with Crippen molar-refractivity contribution in [3.63, 3.8) is 0 Å². The van der Waals surface area contributed by atoms with Crippen molar-refractivity contribution in [2.75, 3.05) is 24.9 Å². The molecule has 3 aromatic carbocycles. The molecule has 0 bridgehead atoms. The van der Waals surface area contributed by atoms with E-state index in [1.165, 1.54) is 0 Å². The molecule has 0 aliphatic carbocycles. The van der Waals surface area contributed by atoms with Crippen molar-refractivity contribution in [3.8, 4) is 11.5 Å². The number of aromatic amines is 1. The van der Waals surface area contributed by atoms with Gasteiger partial charge in [0.1, 0.15) is 5.82 Å². The summed E-state index contributed by atoms with van der Waals surface area (Å²) >= 11 is 3.49. The molecule has 5 rings (SSSR count). The number of nitrogens with one attached hydrogen (secondary N) is 3. The normalized spacial score (nSPS) is 11.0. The minimum atomic E-state index is 0.453. The van der Waals surface area contributed by atoms with Crippen molar-refractivity contribution in [2.45, 2.75) is 0 Å². The van der Waals surface area contributed by atoms with E-state index in [1.54, 1.807) is 20.4 Å². The number of halogens is 1. The van der Waals surface area contributed by atoms with Crippen molar-refractivity contribution >= 4 is 60.9 Å². The third kappa shape index (κ3) is 3.90. The predicted octanol–water partition coefficient (Wildman–Crippen LogP) is 5.77. The van der Waals surface area contributed by atoms with Crippen molar-refractivity contribution in [3.05, 3.63) is 65.3 Å². The molecule has 2 heterocycles. The number of rotatable bonds is 6. The fraction of sp³-hybridized carbons (Fsp3) is 0.0870. The molecule has 0 saturated carbocycles. The van der Waals surface area contributed by atoms with Gasteiger partial charge in [-0.15, -0.1) is 0 Å². The fourth-order valence-electron chi connectivity index (χ4n) is 3.46. The average molecular weight is 491 g/mol. The van der Waals surface area contributed by atoms with Gasteiger partial charge in [0.15, 0.2) is 11.5 Å². The minimum absolute atomic E-state index is 0.453. The molecule has 32 heavy (non-hydrogen) atoms. The summed E-state index contributed by atoms with van der Waals surface area (Å²) < 4.78 is 11.9. The molecule has 2 aromatic heterocycles. The van der Waals surface area contributed by atoms with Gasteiger partial charge in [0.2, 0.25) is 5.95 Å². The van der Waals surface area contributed by atoms with E-state index in [0.29, 0.717) is 28.8 Å². The highest BCUT2D eigenvalue weighted by Gasteiger charge is 2.14. The van der Waals surface area contributed by atoms with Gasteiger partial charge in [0.05, 0.1) is 31.4 Å². The number of ether oxygens (including phenoxy) is 2. The highest BCUT2D eigenvalue weighted by molar-refractivity contribution is 9.10. The van der Waals surface area contributed by atoms with Crippen LogP contribution in [0.3, 0.4) is 0 Å². The Balaban J connectivity index is 1.63. The fourth-order valence-corrected chi connectivity index (χ4v) is 3.86. The first kappa shape index (κ1) is 20.1. The standard InChI is InChI=1S/C23H19BrN6O2/c1-31-20-10-17-19(11-21(20)32-2)28-23(27-15-5-3-4-14(24)9-15)29-22(17)26-16-6-7-18-13(8-16)12-25-30-18/h3-12H,1-2H3,(H,25,30)(H2,26,27,28,29). The first-order valence-electron chi connectivity index (χ1n) is 9.79. The van der Waals surface area contributed by atoms with Gasteiger partial charge in [-0.05, 0) is 42.5 Å². The largest absolute Gasteiger partial charge is 0.493 e. The van der Waals surface area contributed by atoms with Gasteiger partial charge in [-0.1, -0.05) is 22.0 Å². The maximum atomic E-state index is 5.49. The molecule has 0 aliphatic heterocycles. The van der Waals surface area contributed by atoms with Crippen LogP contribution in [0.4, 0.5) is 23.1 Å². The summed E-state index contributed by atoms with van der Waals surface area (Å²) in [5.74, 6) is 2.29. The molecule has 0 fully saturated rings. The van der Waals surface area contributed by atoms with Crippen LogP contribution in [0.15, 0.2) is 65.3 Å². The zero-order valence-corrected chi connectivity index (χ0v) is 18.9. The van der Waals surface area contributed by atoms with Crippen molar-refractivity contribution in [2.24, 2.45) is 0 Å². The number of hydrogen-bond acceptors (Lipinski definition) is 7. The molecular weight excluding hydrogens is 472 g/mol. The van der Waals surface area contributed by atoms with Crippen LogP contribution in [0.5, 0.6) is 11.5 Å². The second kappa shape index (κ2) is 8.35. The van der Waals surface area contributed by atoms with Crippen LogP contribution in [0.1, 0.15) is 0 Å². The quantitative estimate of drug-likeness (QED) is 0.277. The number of H-pyrrole nitrogens is 1. The number of anilines is 4. The molecule has 5 aromatic rings. The van der Waals surface area contributed by atoms with E-state index in [1.807, 2.05) is 54.6 Å². The summed E-state index contributed by atoms with van der Waals surface area (Å²) in [5, 5.41) is 15.5. The predicted molar refractivity (Wildman–Crippen MR) is 129 cm³/mol. The first-order valence-corrected chi connectivity index (χ1v) is 10.6. The van der Waals surface area contributed by atoms with Gasteiger partial charge in [-0.25, -0.2) is 4.98 Å². The summed E-state index contributed by atoms with van der Waals surface area (Å²) in [4.78, 5) is 9.45. The molecule has 9 heteroatoms. The Morgan fingerprint density at radius 3 is 2.50 bits per heavy atom. The van der Waals surface area contributed by atoms with Gasteiger partial charge < -0.3 is 20.1 Å². The van der Waals surface area contributed by atoms with E-state index in [4.69, 9.17) is 19.4 Å². The Hall–Kier alpha value is -3.85. The molecule has 0 spiro atoms. The number of methoxy groups -OCH3 is 2. The Morgan fingerprint density at radius 2 is 1.69 bits per heavy atom. The zero-order valence-electron chi connectivity index (χ0n) is 17.3. The van der Waals surface area contributed by atoms with Crippen LogP contribution in [0, 0.1) is 0 Å². The van der Waals surface area contributed by atoms with Crippen molar-refractivity contribution in [1.82, 2.24) is 20.2 Å². The number of fused-ring (bicyclic) bond motifs is 2. The first-order chi connectivity index (χ1) is 15.6. The van der Waals surface area contributed by atoms with Crippen molar-refractivity contribution < 1.29 is 9.47 Å². The lowest BCUT2D eigenvalue weighted by Gasteiger charge is -2.15. The molecule has 0 radical (unpaired) electrons. The van der Waals surface area contributed by atoms with Gasteiger partial charge in [-0.3, -0.25) is 5.10 Å². The molecule has 3 N–H and O–H groups in total. The summed E-state index contributed by atoms with van der Waals surface area (Å²) in [7, 11) is 3.21. The summed E-state index contributed by atoms with van der Waals surface area (Å²) in [6, 6.07) is 17.5. The van der Waals surface area contributed by atoms with E-state index in [-0.39, 0.29) is 0 Å². The van der Waals surface area contributed by atoms with E-state index >= 15 is 0 Å². The maximum Gasteiger partial charge on any atom is 0.229 e. The summed E-state index contributed by atoms with van der Waals surface area (Å²) in [6.07, 6.45) is 1.78. The third-order valence-electron chi connectivity index (χ3n) is 4.98. The molecule has 160 valence electrons. The molecule has 0 amide bonds. The number of benzene rings is 3. The smallest absolute Gasteiger partial charge is 0.229 e. The lowest BCUT2D eigenvalue weighted by atomic mass is 10.2. The minimum Gasteiger partial charge on any atom is -0.493 e. The molecule has 0 saturated heterocycles. The van der Waals surface area contributed by atoms with E-state index < -0.39 is 0 Å². The third-order valence-corrected chi connectivity index (χ3v) is 5.48. The topological polar surface area (TPSA) is 97.0 Å². The maximum absolute atomic E-state index is 5.49. The van der Waals surface area contributed by atoms with Crippen LogP contribution in [-0.2, 0) is 0 Å². The van der Waals surface area contributed by atoms with Gasteiger partial charge >= 0.3 is 0 Å². The SMILES string of the molecule is COc1cc2nc(Nc3cccc(Br)c3)nc(Nc3ccc4[nH]ncc4c3)c2cc1OC. The number of aromatic nitrogens is 4. The number of nitrogens with zero attached hydrogens (tertiary/aromatic N) is 3. The summed E-state index contributed by atoms with van der Waals surface area (Å²) in [6.45, 7) is 0. The molecule has 8 nitrogen and oxygen atoms in total. The van der Waals surface area contributed by atoms with Crippen molar-refractivity contribution in [1.29, 1.82) is 0 Å². The average Bonchev–Trinajstić information content (AvgIpc) is 3.26. The van der Waals surface area contributed by atoms with Crippen LogP contribution in [0.25, 0.3) is 21.8 Å². The highest BCUT2D eigenvalue weighted by Crippen LogP contribution is 2.36. The Labute approximate surface area is 192 Å². The van der Waals surface area contributed by atoms with E-state index in [9.17, 15) is 0 Å². The van der Waals surface area contributed by atoms with Crippen LogP contribution < -0.4 is 20.1 Å². The second-order valence-electron chi connectivity index (χ2n) is 7.05. The summed E-state index contributed by atoms with van der Waals surface area (Å²) in [5.41, 5.74) is 3.42. The molecule has 0 atom stereocenters. The zero-order chi connectivity index (χ0) is 22.1. The lowest BCUT2D eigenvalue weighted by molar-refractivity contribution is 0.356. The molecule has 0 aliphatic rings. The lowest BCUT2D eigenvalue weighted by Crippen LogP contribution is -2.03. The van der Waals surface area contributed by atoms with Gasteiger partial charge in [-0.2, -0.15) is 10.1 Å². The van der Waals surface area contributed by atoms with Crippen LogP contribution in [-0.4, -0.2) is 34.4 Å². The van der Waals surface area contributed by atoms with Gasteiger partial charge in [0.25, 0.3) is 0 Å². The monoisotopic (exact) mass is 490 g/mol. The Bertz CT molecular complexity index is 1440. The van der Waals surface area contributed by atoms with E-state index in [0.717, 1.165) is 32.1 Å². The molecule has 0 unspecified atom stereocenters. The molecular formula is C23H19BrN6O2. The van der Waals surface area contributed by atoms with Crippen LogP contribution in [0.2, 0.25) is 0 Å². The second-order valence-corrected chi connectivity index (χ2v) is 7.97. The Morgan fingerprint density at radius 1 is 0.875 bits per heavy atom. The highest BCUT2D eigenvalue weighted by atomic mass is 79.9. The van der Waals surface area contributed by atoms with Gasteiger partial charge in [0, 0.05) is 32.7 Å². The van der Waals surface area contributed by atoms with E-state index in [2.05, 4.69) is 36.8 Å². The Kier molecular flexibility index (Phi) is 5.24. The van der Waals surface area contributed by atoms with Crippen LogP contribution >= 0.6 is 15.9 Å².